The molecule has 0 spiro atoms. The molecule has 2 heterocycles. The molecule has 1 unspecified atom stereocenters. The van der Waals surface area contributed by atoms with Gasteiger partial charge >= 0.3 is 0 Å². The van der Waals surface area contributed by atoms with E-state index in [-0.39, 0.29) is 30.0 Å². The van der Waals surface area contributed by atoms with Crippen LogP contribution in [0.5, 0.6) is 0 Å². The van der Waals surface area contributed by atoms with Crippen LogP contribution in [0.25, 0.3) is 0 Å². The van der Waals surface area contributed by atoms with E-state index in [0.29, 0.717) is 12.6 Å². The van der Waals surface area contributed by atoms with Crippen molar-refractivity contribution < 1.29 is 13.6 Å². The summed E-state index contributed by atoms with van der Waals surface area (Å²) in [5.41, 5.74) is 5.22. The molecule has 4 N–H and O–H groups in total. The van der Waals surface area contributed by atoms with Gasteiger partial charge in [0.15, 0.2) is 23.3 Å². The minimum atomic E-state index is -0.899. The first-order chi connectivity index (χ1) is 7.56. The fourth-order valence-electron chi connectivity index (χ4n) is 1.48. The van der Waals surface area contributed by atoms with Gasteiger partial charge in [0.05, 0.1) is 6.04 Å². The molecule has 0 aromatic carbocycles. The van der Waals surface area contributed by atoms with Crippen LogP contribution >= 0.6 is 0 Å². The first-order valence-corrected chi connectivity index (χ1v) is 4.71. The lowest BCUT2D eigenvalue weighted by molar-refractivity contribution is -0.119. The summed E-state index contributed by atoms with van der Waals surface area (Å²) >= 11 is 0. The van der Waals surface area contributed by atoms with E-state index in [0.717, 1.165) is 0 Å². The molecule has 1 amide bonds. The van der Waals surface area contributed by atoms with Crippen LogP contribution in [0.4, 0.5) is 20.4 Å². The number of pyridine rings is 1. The number of rotatable bonds is 2. The number of nitrogens with one attached hydrogen (secondary N) is 2. The van der Waals surface area contributed by atoms with Gasteiger partial charge in [0.2, 0.25) is 5.91 Å². The fourth-order valence-corrected chi connectivity index (χ4v) is 1.48. The lowest BCUT2D eigenvalue weighted by Gasteiger charge is -2.12. The monoisotopic (exact) mass is 228 g/mol. The van der Waals surface area contributed by atoms with E-state index >= 15 is 0 Å². The molecule has 1 aromatic rings. The Balaban J connectivity index is 2.15. The highest BCUT2D eigenvalue weighted by atomic mass is 19.1. The number of aromatic nitrogens is 1. The molecular weight excluding hydrogens is 218 g/mol. The van der Waals surface area contributed by atoms with Gasteiger partial charge in [-0.05, 0) is 0 Å². The Morgan fingerprint density at radius 1 is 1.50 bits per heavy atom. The van der Waals surface area contributed by atoms with E-state index in [1.165, 1.54) is 0 Å². The molecule has 1 aromatic heterocycles. The summed E-state index contributed by atoms with van der Waals surface area (Å²) in [6, 6.07) is 0.411. The van der Waals surface area contributed by atoms with Crippen molar-refractivity contribution >= 4 is 17.5 Å². The van der Waals surface area contributed by atoms with Crippen LogP contribution in [0.15, 0.2) is 6.07 Å². The molecule has 0 bridgehead atoms. The molecule has 16 heavy (non-hydrogen) atoms. The predicted octanol–water partition coefficient (Wildman–Crippen LogP) is 0.242. The quantitative estimate of drug-likeness (QED) is 0.677. The van der Waals surface area contributed by atoms with Crippen molar-refractivity contribution in [1.29, 1.82) is 0 Å². The average molecular weight is 228 g/mol. The van der Waals surface area contributed by atoms with Gasteiger partial charge in [-0.2, -0.15) is 0 Å². The van der Waals surface area contributed by atoms with Gasteiger partial charge in [0.1, 0.15) is 0 Å². The maximum Gasteiger partial charge on any atom is 0.222 e. The number of halogens is 2. The zero-order valence-corrected chi connectivity index (χ0v) is 8.26. The third-order valence-corrected chi connectivity index (χ3v) is 2.27. The number of nitrogens with zero attached hydrogens (tertiary/aromatic N) is 1. The Labute approximate surface area is 90.0 Å². The molecular formula is C9H10F2N4O. The van der Waals surface area contributed by atoms with E-state index in [9.17, 15) is 13.6 Å². The minimum absolute atomic E-state index is 0.118. The van der Waals surface area contributed by atoms with Crippen LogP contribution in [0.3, 0.4) is 0 Å². The zero-order valence-electron chi connectivity index (χ0n) is 8.26. The molecule has 1 fully saturated rings. The standard InChI is InChI=1S/C9H10F2N4O/c10-5-2-6(11)9(15-8(5)12)14-4-1-7(16)13-3-4/h2,4H,1,3H2,(H,13,16)(H3,12,14,15). The minimum Gasteiger partial charge on any atom is -0.381 e. The molecule has 1 atom stereocenters. The van der Waals surface area contributed by atoms with E-state index in [1.54, 1.807) is 0 Å². The van der Waals surface area contributed by atoms with Crippen LogP contribution in [0.1, 0.15) is 6.42 Å². The summed E-state index contributed by atoms with van der Waals surface area (Å²) in [4.78, 5) is 14.4. The molecule has 1 aliphatic heterocycles. The van der Waals surface area contributed by atoms with E-state index in [2.05, 4.69) is 15.6 Å². The number of nitrogens with two attached hydrogens (primary N) is 1. The highest BCUT2D eigenvalue weighted by molar-refractivity contribution is 5.79. The van der Waals surface area contributed by atoms with Crippen molar-refractivity contribution in [2.75, 3.05) is 17.6 Å². The second-order valence-electron chi connectivity index (χ2n) is 3.54. The second-order valence-corrected chi connectivity index (χ2v) is 3.54. The van der Waals surface area contributed by atoms with Crippen LogP contribution < -0.4 is 16.4 Å². The molecule has 1 saturated heterocycles. The first-order valence-electron chi connectivity index (χ1n) is 4.71. The Hall–Kier alpha value is -1.92. The molecule has 0 saturated carbocycles. The summed E-state index contributed by atoms with van der Waals surface area (Å²) in [5, 5.41) is 5.27. The average Bonchev–Trinajstić information content (AvgIpc) is 2.60. The van der Waals surface area contributed by atoms with Gasteiger partial charge < -0.3 is 16.4 Å². The topological polar surface area (TPSA) is 80.0 Å². The SMILES string of the molecule is Nc1nc(NC2CNC(=O)C2)c(F)cc1F. The van der Waals surface area contributed by atoms with Gasteiger partial charge in [0, 0.05) is 19.0 Å². The second kappa shape index (κ2) is 3.92. The smallest absolute Gasteiger partial charge is 0.222 e. The third kappa shape index (κ3) is 2.02. The molecule has 0 radical (unpaired) electrons. The number of carbonyl (C=O) groups excluding carboxylic acids is 1. The Kier molecular flexibility index (Phi) is 2.59. The summed E-state index contributed by atoms with van der Waals surface area (Å²) < 4.78 is 26.1. The number of amides is 1. The van der Waals surface area contributed by atoms with Crippen molar-refractivity contribution in [3.8, 4) is 0 Å². The normalized spacial score (nSPS) is 19.6. The molecule has 5 nitrogen and oxygen atoms in total. The number of anilines is 2. The lowest BCUT2D eigenvalue weighted by atomic mass is 10.2. The van der Waals surface area contributed by atoms with Crippen LogP contribution in [-0.2, 0) is 4.79 Å². The first kappa shape index (κ1) is 10.6. The number of hydrogen-bond acceptors (Lipinski definition) is 4. The summed E-state index contributed by atoms with van der Waals surface area (Å²) in [6.45, 7) is 0.386. The highest BCUT2D eigenvalue weighted by Gasteiger charge is 2.23. The van der Waals surface area contributed by atoms with Gasteiger partial charge in [-0.15, -0.1) is 0 Å². The molecule has 0 aliphatic carbocycles. The fraction of sp³-hybridized carbons (Fsp3) is 0.333. The number of carbonyl (C=O) groups is 1. The van der Waals surface area contributed by atoms with E-state index < -0.39 is 11.6 Å². The summed E-state index contributed by atoms with van der Waals surface area (Å²) in [7, 11) is 0. The van der Waals surface area contributed by atoms with Crippen molar-refractivity contribution in [3.05, 3.63) is 17.7 Å². The van der Waals surface area contributed by atoms with Crippen molar-refractivity contribution in [2.24, 2.45) is 0 Å². The van der Waals surface area contributed by atoms with E-state index in [1.807, 2.05) is 0 Å². The van der Waals surface area contributed by atoms with Crippen molar-refractivity contribution in [2.45, 2.75) is 12.5 Å². The van der Waals surface area contributed by atoms with Gasteiger partial charge in [0.25, 0.3) is 0 Å². The Morgan fingerprint density at radius 3 is 2.88 bits per heavy atom. The maximum absolute atomic E-state index is 13.3. The van der Waals surface area contributed by atoms with Crippen LogP contribution in [-0.4, -0.2) is 23.5 Å². The van der Waals surface area contributed by atoms with Gasteiger partial charge in [-0.1, -0.05) is 0 Å². The Morgan fingerprint density at radius 2 is 2.25 bits per heavy atom. The largest absolute Gasteiger partial charge is 0.381 e. The van der Waals surface area contributed by atoms with Crippen LogP contribution in [0, 0.1) is 11.6 Å². The van der Waals surface area contributed by atoms with Gasteiger partial charge in [-0.25, -0.2) is 13.8 Å². The molecule has 1 aliphatic rings. The zero-order chi connectivity index (χ0) is 11.7. The number of hydrogen-bond donors (Lipinski definition) is 3. The molecule has 7 heteroatoms. The maximum atomic E-state index is 13.3. The lowest BCUT2D eigenvalue weighted by Crippen LogP contribution is -2.23. The Bertz CT molecular complexity index is 438. The predicted molar refractivity (Wildman–Crippen MR) is 53.6 cm³/mol. The summed E-state index contributed by atoms with van der Waals surface area (Å²) in [5.74, 6) is -2.36. The van der Waals surface area contributed by atoms with E-state index in [4.69, 9.17) is 5.73 Å². The molecule has 2 rings (SSSR count). The van der Waals surface area contributed by atoms with Crippen molar-refractivity contribution in [1.82, 2.24) is 10.3 Å². The highest BCUT2D eigenvalue weighted by Crippen LogP contribution is 2.18. The van der Waals surface area contributed by atoms with Crippen LogP contribution in [0.2, 0.25) is 0 Å². The van der Waals surface area contributed by atoms with Gasteiger partial charge in [-0.3, -0.25) is 4.79 Å². The summed E-state index contributed by atoms with van der Waals surface area (Å²) in [6.07, 6.45) is 0.235. The number of nitrogen functional groups attached to an aromatic ring is 1. The molecule has 86 valence electrons. The third-order valence-electron chi connectivity index (χ3n) is 2.27. The van der Waals surface area contributed by atoms with Crippen molar-refractivity contribution in [3.63, 3.8) is 0 Å².